The second kappa shape index (κ2) is 7.96. The average Bonchev–Trinajstić information content (AvgIpc) is 3.15. The van der Waals surface area contributed by atoms with Crippen molar-refractivity contribution in [1.29, 1.82) is 0 Å². The molecule has 5 heteroatoms. The van der Waals surface area contributed by atoms with Gasteiger partial charge in [0.15, 0.2) is 0 Å². The van der Waals surface area contributed by atoms with Crippen LogP contribution in [-0.4, -0.2) is 18.4 Å². The third-order valence-corrected chi connectivity index (χ3v) is 4.70. The smallest absolute Gasteiger partial charge is 0.255 e. The molecule has 0 spiro atoms. The fourth-order valence-electron chi connectivity index (χ4n) is 3.28. The van der Waals surface area contributed by atoms with Gasteiger partial charge >= 0.3 is 0 Å². The summed E-state index contributed by atoms with van der Waals surface area (Å²) in [5.41, 5.74) is 3.99. The Morgan fingerprint density at radius 3 is 2.25 bits per heavy atom. The van der Waals surface area contributed by atoms with Crippen LogP contribution in [0.1, 0.15) is 23.2 Å². The molecule has 5 nitrogen and oxygen atoms in total. The highest BCUT2D eigenvalue weighted by molar-refractivity contribution is 6.05. The Balaban J connectivity index is 1.43. The molecule has 0 aliphatic carbocycles. The van der Waals surface area contributed by atoms with E-state index in [1.54, 1.807) is 17.0 Å². The van der Waals surface area contributed by atoms with Gasteiger partial charge in [0.2, 0.25) is 5.91 Å². The molecule has 2 N–H and O–H groups in total. The molecule has 4 rings (SSSR count). The zero-order valence-corrected chi connectivity index (χ0v) is 15.4. The summed E-state index contributed by atoms with van der Waals surface area (Å²) in [6.07, 6.45) is 1.48. The first-order chi connectivity index (χ1) is 13.7. The second-order valence-corrected chi connectivity index (χ2v) is 6.72. The molecule has 28 heavy (non-hydrogen) atoms. The van der Waals surface area contributed by atoms with Crippen LogP contribution in [0.3, 0.4) is 0 Å². The van der Waals surface area contributed by atoms with Crippen LogP contribution in [0.5, 0.6) is 0 Å². The van der Waals surface area contributed by atoms with Crippen LogP contribution in [-0.2, 0) is 4.79 Å². The van der Waals surface area contributed by atoms with Gasteiger partial charge in [0, 0.05) is 41.3 Å². The highest BCUT2D eigenvalue weighted by atomic mass is 16.2. The Bertz CT molecular complexity index is 984. The van der Waals surface area contributed by atoms with Gasteiger partial charge in [-0.25, -0.2) is 0 Å². The number of amides is 2. The predicted molar refractivity (Wildman–Crippen MR) is 112 cm³/mol. The summed E-state index contributed by atoms with van der Waals surface area (Å²) in [5, 5.41) is 6.23. The Morgan fingerprint density at radius 2 is 1.54 bits per heavy atom. The third-order valence-electron chi connectivity index (χ3n) is 4.70. The van der Waals surface area contributed by atoms with Crippen LogP contribution >= 0.6 is 0 Å². The van der Waals surface area contributed by atoms with Crippen LogP contribution < -0.4 is 15.5 Å². The van der Waals surface area contributed by atoms with Crippen molar-refractivity contribution in [1.82, 2.24) is 0 Å². The van der Waals surface area contributed by atoms with Crippen molar-refractivity contribution in [2.24, 2.45) is 0 Å². The van der Waals surface area contributed by atoms with E-state index in [-0.39, 0.29) is 11.8 Å². The van der Waals surface area contributed by atoms with E-state index in [0.717, 1.165) is 30.0 Å². The quantitative estimate of drug-likeness (QED) is 0.677. The number of para-hydroxylation sites is 1. The number of hydrogen-bond acceptors (Lipinski definition) is 3. The standard InChI is InChI=1S/C23H21N3O2/c27-22-10-5-15-26(22)21-13-11-17(12-14-21)23(28)25-20-9-4-8-19(16-20)24-18-6-2-1-3-7-18/h1-4,6-9,11-14,16,24H,5,10,15H2,(H,25,28). The summed E-state index contributed by atoms with van der Waals surface area (Å²) in [6, 6.07) is 24.6. The van der Waals surface area contributed by atoms with Crippen LogP contribution in [0.15, 0.2) is 78.9 Å². The Hall–Kier alpha value is -3.60. The van der Waals surface area contributed by atoms with Crippen LogP contribution in [0, 0.1) is 0 Å². The molecule has 0 saturated carbocycles. The van der Waals surface area contributed by atoms with E-state index < -0.39 is 0 Å². The Morgan fingerprint density at radius 1 is 0.821 bits per heavy atom. The molecule has 0 aromatic heterocycles. The number of carbonyl (C=O) groups is 2. The lowest BCUT2D eigenvalue weighted by atomic mass is 10.1. The monoisotopic (exact) mass is 371 g/mol. The summed E-state index contributed by atoms with van der Waals surface area (Å²) in [7, 11) is 0. The molecule has 2 amide bonds. The van der Waals surface area contributed by atoms with Gasteiger partial charge in [-0.05, 0) is 61.0 Å². The number of hydrogen-bond donors (Lipinski definition) is 2. The van der Waals surface area contributed by atoms with Gasteiger partial charge in [-0.2, -0.15) is 0 Å². The van der Waals surface area contributed by atoms with Crippen molar-refractivity contribution in [3.8, 4) is 0 Å². The summed E-state index contributed by atoms with van der Waals surface area (Å²) in [5.74, 6) is -0.0453. The van der Waals surface area contributed by atoms with E-state index in [0.29, 0.717) is 17.7 Å². The van der Waals surface area contributed by atoms with Crippen molar-refractivity contribution in [2.75, 3.05) is 22.1 Å². The highest BCUT2D eigenvalue weighted by Crippen LogP contribution is 2.23. The van der Waals surface area contributed by atoms with Gasteiger partial charge in [-0.1, -0.05) is 24.3 Å². The molecular formula is C23H21N3O2. The fourth-order valence-corrected chi connectivity index (χ4v) is 3.28. The fraction of sp³-hybridized carbons (Fsp3) is 0.130. The number of nitrogens with one attached hydrogen (secondary N) is 2. The lowest BCUT2D eigenvalue weighted by Crippen LogP contribution is -2.23. The van der Waals surface area contributed by atoms with E-state index in [2.05, 4.69) is 10.6 Å². The Kier molecular flexibility index (Phi) is 5.06. The maximum Gasteiger partial charge on any atom is 0.255 e. The molecule has 3 aromatic carbocycles. The summed E-state index contributed by atoms with van der Waals surface area (Å²) >= 11 is 0. The highest BCUT2D eigenvalue weighted by Gasteiger charge is 2.21. The van der Waals surface area contributed by atoms with E-state index in [9.17, 15) is 9.59 Å². The normalized spacial score (nSPS) is 13.4. The minimum absolute atomic E-state index is 0.139. The molecule has 3 aromatic rings. The largest absolute Gasteiger partial charge is 0.355 e. The lowest BCUT2D eigenvalue weighted by molar-refractivity contribution is -0.117. The second-order valence-electron chi connectivity index (χ2n) is 6.72. The molecule has 1 saturated heterocycles. The van der Waals surface area contributed by atoms with Crippen LogP contribution in [0.2, 0.25) is 0 Å². The van der Waals surface area contributed by atoms with Gasteiger partial charge in [0.1, 0.15) is 0 Å². The summed E-state index contributed by atoms with van der Waals surface area (Å²) in [6.45, 7) is 0.742. The minimum atomic E-state index is -0.184. The first-order valence-corrected chi connectivity index (χ1v) is 9.33. The SMILES string of the molecule is O=C(Nc1cccc(Nc2ccccc2)c1)c1ccc(N2CCCC2=O)cc1. The number of benzene rings is 3. The number of nitrogens with zero attached hydrogens (tertiary/aromatic N) is 1. The van der Waals surface area contributed by atoms with Gasteiger partial charge in [-0.15, -0.1) is 0 Å². The van der Waals surface area contributed by atoms with Gasteiger partial charge < -0.3 is 15.5 Å². The first kappa shape index (κ1) is 17.8. The summed E-state index contributed by atoms with van der Waals surface area (Å²) in [4.78, 5) is 26.2. The molecule has 0 unspecified atom stereocenters. The van der Waals surface area contributed by atoms with E-state index in [4.69, 9.17) is 0 Å². The molecule has 1 fully saturated rings. The maximum absolute atomic E-state index is 12.6. The van der Waals surface area contributed by atoms with E-state index >= 15 is 0 Å². The van der Waals surface area contributed by atoms with Crippen molar-refractivity contribution < 1.29 is 9.59 Å². The zero-order valence-electron chi connectivity index (χ0n) is 15.4. The van der Waals surface area contributed by atoms with E-state index in [1.807, 2.05) is 66.7 Å². The molecule has 0 radical (unpaired) electrons. The predicted octanol–water partition coefficient (Wildman–Crippen LogP) is 4.81. The molecular weight excluding hydrogens is 350 g/mol. The topological polar surface area (TPSA) is 61.4 Å². The molecule has 140 valence electrons. The number of carbonyl (C=O) groups excluding carboxylic acids is 2. The number of rotatable bonds is 5. The zero-order chi connectivity index (χ0) is 19.3. The van der Waals surface area contributed by atoms with Crippen molar-refractivity contribution in [2.45, 2.75) is 12.8 Å². The molecule has 1 aliphatic rings. The van der Waals surface area contributed by atoms with Crippen molar-refractivity contribution >= 4 is 34.6 Å². The number of anilines is 4. The molecule has 0 atom stereocenters. The van der Waals surface area contributed by atoms with Gasteiger partial charge in [-0.3, -0.25) is 9.59 Å². The third kappa shape index (κ3) is 4.04. The molecule has 0 bridgehead atoms. The van der Waals surface area contributed by atoms with Gasteiger partial charge in [0.25, 0.3) is 5.91 Å². The van der Waals surface area contributed by atoms with E-state index in [1.165, 1.54) is 0 Å². The molecule has 1 heterocycles. The molecule has 1 aliphatic heterocycles. The summed E-state index contributed by atoms with van der Waals surface area (Å²) < 4.78 is 0. The van der Waals surface area contributed by atoms with Crippen LogP contribution in [0.4, 0.5) is 22.7 Å². The Labute approximate surface area is 164 Å². The lowest BCUT2D eigenvalue weighted by Gasteiger charge is -2.16. The van der Waals surface area contributed by atoms with Gasteiger partial charge in [0.05, 0.1) is 0 Å². The minimum Gasteiger partial charge on any atom is -0.355 e. The first-order valence-electron chi connectivity index (χ1n) is 9.33. The van der Waals surface area contributed by atoms with Crippen molar-refractivity contribution in [3.63, 3.8) is 0 Å². The van der Waals surface area contributed by atoms with Crippen LogP contribution in [0.25, 0.3) is 0 Å². The average molecular weight is 371 g/mol. The maximum atomic E-state index is 12.6. The van der Waals surface area contributed by atoms with Crippen molar-refractivity contribution in [3.05, 3.63) is 84.4 Å².